The maximum absolute atomic E-state index is 12.8. The third-order valence-electron chi connectivity index (χ3n) is 3.72. The molecule has 2 N–H and O–H groups in total. The lowest BCUT2D eigenvalue weighted by Gasteiger charge is -2.17. The van der Waals surface area contributed by atoms with Crippen molar-refractivity contribution in [3.63, 3.8) is 0 Å². The molecule has 0 unspecified atom stereocenters. The van der Waals surface area contributed by atoms with Crippen molar-refractivity contribution in [1.29, 1.82) is 0 Å². The van der Waals surface area contributed by atoms with E-state index in [1.165, 1.54) is 36.4 Å². The number of benzene rings is 2. The van der Waals surface area contributed by atoms with Crippen molar-refractivity contribution >= 4 is 17.5 Å². The number of alkyl halides is 3. The van der Waals surface area contributed by atoms with Gasteiger partial charge in [0.05, 0.1) is 18.7 Å². The van der Waals surface area contributed by atoms with Crippen molar-refractivity contribution in [2.45, 2.75) is 12.7 Å². The zero-order chi connectivity index (χ0) is 20.7. The quantitative estimate of drug-likeness (QED) is 0.706. The van der Waals surface area contributed by atoms with Gasteiger partial charge in [0.1, 0.15) is 5.82 Å². The Morgan fingerprint density at radius 1 is 0.964 bits per heavy atom. The first-order valence-electron chi connectivity index (χ1n) is 8.30. The van der Waals surface area contributed by atoms with Gasteiger partial charge in [-0.3, -0.25) is 14.5 Å². The standard InChI is InChI=1S/C19H19F4N3O2/c1-26(11-13-2-4-14(5-3-13)19(21,22)23)12-18(28)24-10-17(27)25-16-8-6-15(20)7-9-16/h2-9H,10-12H2,1H3,(H,24,28)(H,25,27). The highest BCUT2D eigenvalue weighted by Gasteiger charge is 2.29. The summed E-state index contributed by atoms with van der Waals surface area (Å²) in [6, 6.07) is 9.88. The normalized spacial score (nSPS) is 11.4. The predicted molar refractivity (Wildman–Crippen MR) is 95.8 cm³/mol. The van der Waals surface area contributed by atoms with E-state index in [1.807, 2.05) is 0 Å². The minimum Gasteiger partial charge on any atom is -0.346 e. The monoisotopic (exact) mass is 397 g/mol. The number of hydrogen-bond acceptors (Lipinski definition) is 3. The Labute approximate surface area is 159 Å². The molecular weight excluding hydrogens is 378 g/mol. The van der Waals surface area contributed by atoms with Gasteiger partial charge in [-0.25, -0.2) is 4.39 Å². The smallest absolute Gasteiger partial charge is 0.346 e. The summed E-state index contributed by atoms with van der Waals surface area (Å²) in [6.07, 6.45) is -4.39. The molecule has 28 heavy (non-hydrogen) atoms. The SMILES string of the molecule is CN(CC(=O)NCC(=O)Nc1ccc(F)cc1)Cc1ccc(C(F)(F)F)cc1. The number of hydrogen-bond donors (Lipinski definition) is 2. The average molecular weight is 397 g/mol. The zero-order valence-electron chi connectivity index (χ0n) is 15.0. The molecular formula is C19H19F4N3O2. The van der Waals surface area contributed by atoms with Crippen LogP contribution in [0.25, 0.3) is 0 Å². The largest absolute Gasteiger partial charge is 0.416 e. The molecule has 0 bridgehead atoms. The molecule has 0 saturated heterocycles. The molecule has 0 fully saturated rings. The Balaban J connectivity index is 1.74. The van der Waals surface area contributed by atoms with Crippen molar-refractivity contribution in [3.8, 4) is 0 Å². The van der Waals surface area contributed by atoms with Crippen LogP contribution >= 0.6 is 0 Å². The van der Waals surface area contributed by atoms with Gasteiger partial charge in [0.15, 0.2) is 0 Å². The molecule has 2 rings (SSSR count). The summed E-state index contributed by atoms with van der Waals surface area (Å²) in [6.45, 7) is -0.0253. The lowest BCUT2D eigenvalue weighted by molar-refractivity contribution is -0.137. The Morgan fingerprint density at radius 3 is 2.14 bits per heavy atom. The molecule has 0 radical (unpaired) electrons. The lowest BCUT2D eigenvalue weighted by Crippen LogP contribution is -2.39. The van der Waals surface area contributed by atoms with Crippen LogP contribution in [0.1, 0.15) is 11.1 Å². The highest BCUT2D eigenvalue weighted by Crippen LogP contribution is 2.29. The van der Waals surface area contributed by atoms with Crippen LogP contribution in [-0.2, 0) is 22.3 Å². The number of nitrogens with one attached hydrogen (secondary N) is 2. The molecule has 5 nitrogen and oxygen atoms in total. The number of amides is 2. The second kappa shape index (κ2) is 9.32. The van der Waals surface area contributed by atoms with E-state index in [0.717, 1.165) is 12.1 Å². The van der Waals surface area contributed by atoms with E-state index in [9.17, 15) is 27.2 Å². The Morgan fingerprint density at radius 2 is 1.57 bits per heavy atom. The Hall–Kier alpha value is -2.94. The molecule has 150 valence electrons. The second-order valence-electron chi connectivity index (χ2n) is 6.20. The summed E-state index contributed by atoms with van der Waals surface area (Å²) in [7, 11) is 1.63. The van der Waals surface area contributed by atoms with Gasteiger partial charge in [-0.05, 0) is 49.0 Å². The average Bonchev–Trinajstić information content (AvgIpc) is 2.61. The van der Waals surface area contributed by atoms with Crippen molar-refractivity contribution in [2.24, 2.45) is 0 Å². The van der Waals surface area contributed by atoms with Crippen molar-refractivity contribution in [1.82, 2.24) is 10.2 Å². The van der Waals surface area contributed by atoms with Gasteiger partial charge in [-0.15, -0.1) is 0 Å². The molecule has 0 aliphatic carbocycles. The minimum absolute atomic E-state index is 0.0369. The topological polar surface area (TPSA) is 61.4 Å². The summed E-state index contributed by atoms with van der Waals surface area (Å²) in [5.41, 5.74) is 0.293. The molecule has 0 aliphatic rings. The minimum atomic E-state index is -4.39. The van der Waals surface area contributed by atoms with Crippen LogP contribution < -0.4 is 10.6 Å². The van der Waals surface area contributed by atoms with Crippen LogP contribution in [0.15, 0.2) is 48.5 Å². The van der Waals surface area contributed by atoms with Crippen LogP contribution in [0.3, 0.4) is 0 Å². The maximum atomic E-state index is 12.8. The third kappa shape index (κ3) is 6.99. The van der Waals surface area contributed by atoms with Gasteiger partial charge in [-0.1, -0.05) is 12.1 Å². The highest BCUT2D eigenvalue weighted by atomic mass is 19.4. The number of halogens is 4. The number of anilines is 1. The Kier molecular flexibility index (Phi) is 7.11. The third-order valence-corrected chi connectivity index (χ3v) is 3.72. The maximum Gasteiger partial charge on any atom is 0.416 e. The predicted octanol–water partition coefficient (Wildman–Crippen LogP) is 3.03. The van der Waals surface area contributed by atoms with Crippen molar-refractivity contribution in [3.05, 3.63) is 65.5 Å². The first-order valence-corrected chi connectivity index (χ1v) is 8.30. The molecule has 0 aromatic heterocycles. The number of nitrogens with zero attached hydrogens (tertiary/aromatic N) is 1. The lowest BCUT2D eigenvalue weighted by atomic mass is 10.1. The summed E-state index contributed by atoms with van der Waals surface area (Å²) in [5, 5.41) is 4.95. The van der Waals surface area contributed by atoms with E-state index in [2.05, 4.69) is 10.6 Å². The summed E-state index contributed by atoms with van der Waals surface area (Å²) >= 11 is 0. The van der Waals surface area contributed by atoms with Gasteiger partial charge < -0.3 is 10.6 Å². The molecule has 2 aromatic carbocycles. The molecule has 2 aromatic rings. The van der Waals surface area contributed by atoms with E-state index in [-0.39, 0.29) is 19.6 Å². The van der Waals surface area contributed by atoms with Crippen molar-refractivity contribution in [2.75, 3.05) is 25.5 Å². The molecule has 0 spiro atoms. The van der Waals surface area contributed by atoms with Crippen LogP contribution in [0.4, 0.5) is 23.2 Å². The summed E-state index contributed by atoms with van der Waals surface area (Å²) in [5.74, 6) is -1.31. The molecule has 0 heterocycles. The van der Waals surface area contributed by atoms with E-state index in [4.69, 9.17) is 0 Å². The van der Waals surface area contributed by atoms with E-state index >= 15 is 0 Å². The number of likely N-dealkylation sites (N-methyl/N-ethyl adjacent to an activating group) is 1. The zero-order valence-corrected chi connectivity index (χ0v) is 15.0. The van der Waals surface area contributed by atoms with Crippen LogP contribution in [0.2, 0.25) is 0 Å². The molecule has 0 saturated carbocycles. The second-order valence-corrected chi connectivity index (χ2v) is 6.20. The van der Waals surface area contributed by atoms with E-state index in [1.54, 1.807) is 11.9 Å². The molecule has 0 aliphatic heterocycles. The molecule has 2 amide bonds. The van der Waals surface area contributed by atoms with Gasteiger partial charge in [-0.2, -0.15) is 13.2 Å². The number of carbonyl (C=O) groups excluding carboxylic acids is 2. The molecule has 0 atom stereocenters. The van der Waals surface area contributed by atoms with Gasteiger partial charge in [0, 0.05) is 12.2 Å². The first kappa shape index (κ1) is 21.4. The van der Waals surface area contributed by atoms with Crippen LogP contribution in [0, 0.1) is 5.82 Å². The fraction of sp³-hybridized carbons (Fsp3) is 0.263. The first-order chi connectivity index (χ1) is 13.1. The van der Waals surface area contributed by atoms with Gasteiger partial charge in [0.25, 0.3) is 0 Å². The number of rotatable bonds is 7. The van der Waals surface area contributed by atoms with Crippen molar-refractivity contribution < 1.29 is 27.2 Å². The van der Waals surface area contributed by atoms with E-state index < -0.39 is 29.4 Å². The fourth-order valence-electron chi connectivity index (χ4n) is 2.39. The number of carbonyl (C=O) groups is 2. The Bertz CT molecular complexity index is 805. The molecule has 9 heteroatoms. The van der Waals surface area contributed by atoms with Gasteiger partial charge in [0.2, 0.25) is 11.8 Å². The van der Waals surface area contributed by atoms with Crippen LogP contribution in [0.5, 0.6) is 0 Å². The highest BCUT2D eigenvalue weighted by molar-refractivity contribution is 5.94. The van der Waals surface area contributed by atoms with Crippen LogP contribution in [-0.4, -0.2) is 36.9 Å². The summed E-state index contributed by atoms with van der Waals surface area (Å²) in [4.78, 5) is 25.3. The fourth-order valence-corrected chi connectivity index (χ4v) is 2.39. The van der Waals surface area contributed by atoms with Gasteiger partial charge >= 0.3 is 6.18 Å². The summed E-state index contributed by atoms with van der Waals surface area (Å²) < 4.78 is 50.4. The van der Waals surface area contributed by atoms with E-state index in [0.29, 0.717) is 11.3 Å².